The molecule has 1 aliphatic rings. The molecule has 6 nitrogen and oxygen atoms in total. The van der Waals surface area contributed by atoms with Crippen LogP contribution < -0.4 is 10.5 Å². The topological polar surface area (TPSA) is 63.9 Å². The normalized spacial score (nSPS) is 15.4. The van der Waals surface area contributed by atoms with Crippen LogP contribution in [0.15, 0.2) is 59.8 Å². The minimum Gasteiger partial charge on any atom is -0.341 e. The van der Waals surface area contributed by atoms with Crippen molar-refractivity contribution in [1.29, 1.82) is 0 Å². The van der Waals surface area contributed by atoms with Crippen LogP contribution in [0, 0.1) is 5.41 Å². The van der Waals surface area contributed by atoms with Crippen molar-refractivity contribution in [3.63, 3.8) is 0 Å². The monoisotopic (exact) mass is 361 g/mol. The van der Waals surface area contributed by atoms with Gasteiger partial charge in [0.05, 0.1) is 11.4 Å². The number of rotatable bonds is 4. The molecule has 3 aromatic rings. The van der Waals surface area contributed by atoms with E-state index in [0.29, 0.717) is 17.9 Å². The number of nitrogens with zero attached hydrogens (tertiary/aromatic N) is 5. The second-order valence-electron chi connectivity index (χ2n) is 7.78. The van der Waals surface area contributed by atoms with Gasteiger partial charge in [-0.2, -0.15) is 0 Å². The van der Waals surface area contributed by atoms with E-state index in [1.807, 2.05) is 6.07 Å². The molecule has 0 saturated carbocycles. The van der Waals surface area contributed by atoms with Gasteiger partial charge in [-0.05, 0) is 18.1 Å². The van der Waals surface area contributed by atoms with E-state index < -0.39 is 0 Å². The van der Waals surface area contributed by atoms with E-state index in [1.165, 1.54) is 11.9 Å². The largest absolute Gasteiger partial charge is 0.341 e. The zero-order valence-electron chi connectivity index (χ0n) is 15.7. The number of fused-ring (bicyclic) bond motifs is 1. The summed E-state index contributed by atoms with van der Waals surface area (Å²) in [5, 5.41) is 0. The Morgan fingerprint density at radius 1 is 1.07 bits per heavy atom. The summed E-state index contributed by atoms with van der Waals surface area (Å²) in [5.74, 6) is 0.728. The zero-order chi connectivity index (χ0) is 18.9. The smallest absolute Gasteiger partial charge is 0.255 e. The van der Waals surface area contributed by atoms with Crippen LogP contribution in [-0.2, 0) is 13.0 Å². The van der Waals surface area contributed by atoms with Gasteiger partial charge in [-0.15, -0.1) is 0 Å². The lowest BCUT2D eigenvalue weighted by Gasteiger charge is -2.40. The van der Waals surface area contributed by atoms with Gasteiger partial charge < -0.3 is 4.90 Å². The van der Waals surface area contributed by atoms with Crippen molar-refractivity contribution in [2.75, 3.05) is 18.0 Å². The first-order valence-corrected chi connectivity index (χ1v) is 9.19. The van der Waals surface area contributed by atoms with Gasteiger partial charge in [-0.25, -0.2) is 15.0 Å². The molecule has 3 heterocycles. The lowest BCUT2D eigenvalue weighted by molar-refractivity contribution is 0.274. The van der Waals surface area contributed by atoms with Gasteiger partial charge >= 0.3 is 0 Å². The number of hydrogen-bond donors (Lipinski definition) is 0. The average molecular weight is 361 g/mol. The van der Waals surface area contributed by atoms with E-state index in [0.717, 1.165) is 25.5 Å². The minimum atomic E-state index is -0.0360. The standard InChI is InChI=1S/C21H23N5O/c1-21(2)13-25(11-9-16-6-4-3-5-7-16)20-24-18(12-19(27)26(20)14-21)17-8-10-22-15-23-17/h3-8,10,12,15H,9,11,13-14H2,1-2H3. The molecule has 4 rings (SSSR count). The van der Waals surface area contributed by atoms with Crippen LogP contribution >= 0.6 is 0 Å². The van der Waals surface area contributed by atoms with E-state index in [2.05, 4.69) is 53.0 Å². The summed E-state index contributed by atoms with van der Waals surface area (Å²) in [5.41, 5.74) is 2.51. The predicted octanol–water partition coefficient (Wildman–Crippen LogP) is 2.79. The fourth-order valence-corrected chi connectivity index (χ4v) is 3.61. The summed E-state index contributed by atoms with van der Waals surface area (Å²) in [6.45, 7) is 6.72. The summed E-state index contributed by atoms with van der Waals surface area (Å²) in [6, 6.07) is 13.7. The summed E-state index contributed by atoms with van der Waals surface area (Å²) < 4.78 is 1.79. The third kappa shape index (κ3) is 3.74. The summed E-state index contributed by atoms with van der Waals surface area (Å²) in [4.78, 5) is 28.0. The molecule has 1 aromatic carbocycles. The first-order chi connectivity index (χ1) is 13.0. The predicted molar refractivity (Wildman–Crippen MR) is 106 cm³/mol. The van der Waals surface area contributed by atoms with Gasteiger partial charge in [0.1, 0.15) is 6.33 Å². The second kappa shape index (κ2) is 6.95. The maximum atomic E-state index is 12.8. The minimum absolute atomic E-state index is 0.00558. The van der Waals surface area contributed by atoms with E-state index >= 15 is 0 Å². The molecule has 0 bridgehead atoms. The first-order valence-electron chi connectivity index (χ1n) is 9.19. The molecular formula is C21H23N5O. The summed E-state index contributed by atoms with van der Waals surface area (Å²) in [7, 11) is 0. The Bertz CT molecular complexity index is 982. The van der Waals surface area contributed by atoms with Crippen LogP contribution in [-0.4, -0.2) is 32.6 Å². The van der Waals surface area contributed by atoms with E-state index in [9.17, 15) is 4.79 Å². The van der Waals surface area contributed by atoms with Crippen molar-refractivity contribution >= 4 is 5.95 Å². The highest BCUT2D eigenvalue weighted by atomic mass is 16.1. The molecule has 0 N–H and O–H groups in total. The molecule has 0 saturated heterocycles. The molecule has 1 aliphatic heterocycles. The highest BCUT2D eigenvalue weighted by molar-refractivity contribution is 5.55. The molecule has 0 atom stereocenters. The van der Waals surface area contributed by atoms with Crippen molar-refractivity contribution in [3.05, 3.63) is 70.9 Å². The Morgan fingerprint density at radius 2 is 1.89 bits per heavy atom. The van der Waals surface area contributed by atoms with E-state index in [-0.39, 0.29) is 11.0 Å². The number of hydrogen-bond acceptors (Lipinski definition) is 5. The number of benzene rings is 1. The zero-order valence-corrected chi connectivity index (χ0v) is 15.7. The quantitative estimate of drug-likeness (QED) is 0.715. The first kappa shape index (κ1) is 17.4. The molecular weight excluding hydrogens is 338 g/mol. The van der Waals surface area contributed by atoms with Crippen molar-refractivity contribution in [2.24, 2.45) is 5.41 Å². The fraction of sp³-hybridized carbons (Fsp3) is 0.333. The maximum absolute atomic E-state index is 12.8. The van der Waals surface area contributed by atoms with Crippen molar-refractivity contribution in [3.8, 4) is 11.4 Å². The molecule has 0 radical (unpaired) electrons. The highest BCUT2D eigenvalue weighted by Gasteiger charge is 2.32. The van der Waals surface area contributed by atoms with Crippen LogP contribution in [0.1, 0.15) is 19.4 Å². The maximum Gasteiger partial charge on any atom is 0.255 e. The molecule has 2 aromatic heterocycles. The van der Waals surface area contributed by atoms with Crippen molar-refractivity contribution < 1.29 is 0 Å². The van der Waals surface area contributed by atoms with Crippen molar-refractivity contribution in [2.45, 2.75) is 26.8 Å². The molecule has 0 aliphatic carbocycles. The fourth-order valence-electron chi connectivity index (χ4n) is 3.61. The van der Waals surface area contributed by atoms with Gasteiger partial charge in [0.2, 0.25) is 5.95 Å². The molecule has 27 heavy (non-hydrogen) atoms. The molecule has 138 valence electrons. The lowest BCUT2D eigenvalue weighted by atomic mass is 9.91. The lowest BCUT2D eigenvalue weighted by Crippen LogP contribution is -2.48. The summed E-state index contributed by atoms with van der Waals surface area (Å²) in [6.07, 6.45) is 4.05. The SMILES string of the molecule is CC1(C)CN(CCc2ccccc2)c2nc(-c3ccncn3)cc(=O)n2C1. The van der Waals surface area contributed by atoms with Crippen LogP contribution in [0.2, 0.25) is 0 Å². The van der Waals surface area contributed by atoms with Gasteiger partial charge in [0.15, 0.2) is 0 Å². The Balaban J connectivity index is 1.71. The highest BCUT2D eigenvalue weighted by Crippen LogP contribution is 2.30. The van der Waals surface area contributed by atoms with Crippen LogP contribution in [0.5, 0.6) is 0 Å². The van der Waals surface area contributed by atoms with Crippen LogP contribution in [0.4, 0.5) is 5.95 Å². The van der Waals surface area contributed by atoms with Gasteiger partial charge in [-0.1, -0.05) is 44.2 Å². The molecule has 0 fully saturated rings. The van der Waals surface area contributed by atoms with Gasteiger partial charge in [0, 0.05) is 37.3 Å². The molecule has 0 unspecified atom stereocenters. The third-order valence-corrected chi connectivity index (χ3v) is 4.83. The Morgan fingerprint density at radius 3 is 2.63 bits per heavy atom. The number of anilines is 1. The summed E-state index contributed by atoms with van der Waals surface area (Å²) >= 11 is 0. The third-order valence-electron chi connectivity index (χ3n) is 4.83. The van der Waals surface area contributed by atoms with Crippen LogP contribution in [0.25, 0.3) is 11.4 Å². The Kier molecular flexibility index (Phi) is 4.48. The van der Waals surface area contributed by atoms with Crippen LogP contribution in [0.3, 0.4) is 0 Å². The Hall–Kier alpha value is -3.02. The van der Waals surface area contributed by atoms with Gasteiger partial charge in [0.25, 0.3) is 5.56 Å². The van der Waals surface area contributed by atoms with E-state index in [4.69, 9.17) is 4.98 Å². The van der Waals surface area contributed by atoms with Crippen molar-refractivity contribution in [1.82, 2.24) is 19.5 Å². The Labute approximate surface area is 158 Å². The van der Waals surface area contributed by atoms with E-state index in [1.54, 1.807) is 22.9 Å². The molecule has 0 spiro atoms. The van der Waals surface area contributed by atoms with Gasteiger partial charge in [-0.3, -0.25) is 9.36 Å². The second-order valence-corrected chi connectivity index (χ2v) is 7.78. The number of aromatic nitrogens is 4. The molecule has 6 heteroatoms. The molecule has 0 amide bonds. The average Bonchev–Trinajstić information content (AvgIpc) is 2.68.